The number of piperidine rings is 1. The second kappa shape index (κ2) is 4.65. The van der Waals surface area contributed by atoms with E-state index in [-0.39, 0.29) is 5.82 Å². The Hall–Kier alpha value is -1.09. The van der Waals surface area contributed by atoms with Gasteiger partial charge in [0.25, 0.3) is 0 Å². The Morgan fingerprint density at radius 1 is 1.29 bits per heavy atom. The maximum absolute atomic E-state index is 13.1. The van der Waals surface area contributed by atoms with Gasteiger partial charge in [0.1, 0.15) is 5.82 Å². The van der Waals surface area contributed by atoms with E-state index in [1.54, 1.807) is 12.1 Å². The fourth-order valence-electron chi connectivity index (χ4n) is 3.00. The molecule has 2 aliphatic rings. The summed E-state index contributed by atoms with van der Waals surface area (Å²) in [4.78, 5) is 2.44. The van der Waals surface area contributed by atoms with Crippen molar-refractivity contribution in [3.05, 3.63) is 29.6 Å². The first-order chi connectivity index (χ1) is 8.33. The summed E-state index contributed by atoms with van der Waals surface area (Å²) in [5.74, 6) is 0.694. The summed E-state index contributed by atoms with van der Waals surface area (Å²) in [6.45, 7) is 4.49. The molecule has 17 heavy (non-hydrogen) atoms. The van der Waals surface area contributed by atoms with Gasteiger partial charge in [0, 0.05) is 18.8 Å². The summed E-state index contributed by atoms with van der Waals surface area (Å²) >= 11 is 0. The zero-order valence-corrected chi connectivity index (χ0v) is 10.1. The Bertz CT molecular complexity index is 399. The molecule has 2 heterocycles. The molecule has 0 atom stereocenters. The zero-order chi connectivity index (χ0) is 11.7. The van der Waals surface area contributed by atoms with Crippen LogP contribution in [0.3, 0.4) is 0 Å². The maximum Gasteiger partial charge on any atom is 0.123 e. The Labute approximate surface area is 102 Å². The number of nitrogens with one attached hydrogen (secondary N) is 1. The van der Waals surface area contributed by atoms with Crippen LogP contribution in [0.1, 0.15) is 18.4 Å². The number of halogens is 1. The molecule has 0 amide bonds. The lowest BCUT2D eigenvalue weighted by Crippen LogP contribution is -2.35. The summed E-state index contributed by atoms with van der Waals surface area (Å²) in [6, 6.07) is 5.22. The molecular formula is C14H19FN2. The van der Waals surface area contributed by atoms with Crippen LogP contribution in [-0.2, 0) is 6.42 Å². The summed E-state index contributed by atoms with van der Waals surface area (Å²) in [5.41, 5.74) is 2.43. The molecule has 0 spiro atoms. The van der Waals surface area contributed by atoms with Gasteiger partial charge in [-0.1, -0.05) is 0 Å². The predicted molar refractivity (Wildman–Crippen MR) is 67.9 cm³/mol. The highest BCUT2D eigenvalue weighted by molar-refractivity contribution is 5.58. The van der Waals surface area contributed by atoms with Gasteiger partial charge in [0.2, 0.25) is 0 Å². The largest absolute Gasteiger partial charge is 0.371 e. The van der Waals surface area contributed by atoms with Crippen molar-refractivity contribution >= 4 is 5.69 Å². The van der Waals surface area contributed by atoms with E-state index in [0.29, 0.717) is 0 Å². The number of fused-ring (bicyclic) bond motifs is 1. The first kappa shape index (κ1) is 11.0. The molecule has 0 unspecified atom stereocenters. The Balaban J connectivity index is 1.70. The Morgan fingerprint density at radius 3 is 2.94 bits per heavy atom. The van der Waals surface area contributed by atoms with Crippen LogP contribution in [0, 0.1) is 11.7 Å². The van der Waals surface area contributed by atoms with Crippen molar-refractivity contribution in [2.75, 3.05) is 31.1 Å². The van der Waals surface area contributed by atoms with Gasteiger partial charge < -0.3 is 10.2 Å². The van der Waals surface area contributed by atoms with E-state index in [4.69, 9.17) is 0 Å². The minimum atomic E-state index is -0.104. The van der Waals surface area contributed by atoms with Crippen molar-refractivity contribution in [1.29, 1.82) is 0 Å². The van der Waals surface area contributed by atoms with E-state index in [2.05, 4.69) is 10.2 Å². The topological polar surface area (TPSA) is 15.3 Å². The SMILES string of the molecule is Fc1ccc2c(c1)CCN2CC1CCNCC1. The van der Waals surface area contributed by atoms with Crippen LogP contribution < -0.4 is 10.2 Å². The van der Waals surface area contributed by atoms with Crippen molar-refractivity contribution in [2.24, 2.45) is 5.92 Å². The van der Waals surface area contributed by atoms with Crippen LogP contribution in [-0.4, -0.2) is 26.2 Å². The van der Waals surface area contributed by atoms with Crippen LogP contribution in [0.25, 0.3) is 0 Å². The summed E-state index contributed by atoms with van der Waals surface area (Å²) in [5, 5.41) is 3.40. The lowest BCUT2D eigenvalue weighted by Gasteiger charge is -2.29. The highest BCUT2D eigenvalue weighted by Gasteiger charge is 2.23. The molecule has 1 saturated heterocycles. The van der Waals surface area contributed by atoms with Crippen LogP contribution >= 0.6 is 0 Å². The van der Waals surface area contributed by atoms with Crippen molar-refractivity contribution in [2.45, 2.75) is 19.3 Å². The van der Waals surface area contributed by atoms with Gasteiger partial charge in [0.05, 0.1) is 0 Å². The van der Waals surface area contributed by atoms with Crippen LogP contribution in [0.4, 0.5) is 10.1 Å². The number of anilines is 1. The highest BCUT2D eigenvalue weighted by atomic mass is 19.1. The summed E-state index contributed by atoms with van der Waals surface area (Å²) in [6.07, 6.45) is 3.54. The predicted octanol–water partition coefficient (Wildman–Crippen LogP) is 2.19. The Kier molecular flexibility index (Phi) is 3.02. The molecule has 0 aromatic heterocycles. The second-order valence-electron chi connectivity index (χ2n) is 5.16. The molecule has 0 bridgehead atoms. The molecule has 3 rings (SSSR count). The first-order valence-corrected chi connectivity index (χ1v) is 6.57. The summed E-state index contributed by atoms with van der Waals surface area (Å²) < 4.78 is 13.1. The van der Waals surface area contributed by atoms with E-state index in [1.807, 2.05) is 6.07 Å². The van der Waals surface area contributed by atoms with Crippen LogP contribution in [0.15, 0.2) is 18.2 Å². The molecule has 1 fully saturated rings. The van der Waals surface area contributed by atoms with Gasteiger partial charge in [-0.15, -0.1) is 0 Å². The average Bonchev–Trinajstić information content (AvgIpc) is 2.73. The number of hydrogen-bond acceptors (Lipinski definition) is 2. The highest BCUT2D eigenvalue weighted by Crippen LogP contribution is 2.30. The minimum absolute atomic E-state index is 0.104. The van der Waals surface area contributed by atoms with Gasteiger partial charge >= 0.3 is 0 Å². The lowest BCUT2D eigenvalue weighted by molar-refractivity contribution is 0.375. The van der Waals surface area contributed by atoms with Crippen molar-refractivity contribution < 1.29 is 4.39 Å². The van der Waals surface area contributed by atoms with E-state index in [0.717, 1.165) is 38.5 Å². The van der Waals surface area contributed by atoms with Gasteiger partial charge in [-0.25, -0.2) is 4.39 Å². The fourth-order valence-corrected chi connectivity index (χ4v) is 3.00. The van der Waals surface area contributed by atoms with Gasteiger partial charge in [-0.3, -0.25) is 0 Å². The average molecular weight is 234 g/mol. The summed E-state index contributed by atoms with van der Waals surface area (Å²) in [7, 11) is 0. The molecule has 2 nitrogen and oxygen atoms in total. The number of rotatable bonds is 2. The van der Waals surface area contributed by atoms with E-state index in [9.17, 15) is 4.39 Å². The van der Waals surface area contributed by atoms with E-state index in [1.165, 1.54) is 24.1 Å². The van der Waals surface area contributed by atoms with Crippen LogP contribution in [0.5, 0.6) is 0 Å². The molecule has 0 aliphatic carbocycles. The maximum atomic E-state index is 13.1. The number of benzene rings is 1. The fraction of sp³-hybridized carbons (Fsp3) is 0.571. The molecule has 1 aromatic carbocycles. The van der Waals surface area contributed by atoms with Gasteiger partial charge in [-0.05, 0) is 62.0 Å². The van der Waals surface area contributed by atoms with Crippen LogP contribution in [0.2, 0.25) is 0 Å². The van der Waals surface area contributed by atoms with Crippen molar-refractivity contribution in [3.63, 3.8) is 0 Å². The normalized spacial score (nSPS) is 20.6. The van der Waals surface area contributed by atoms with Gasteiger partial charge in [0.15, 0.2) is 0 Å². The third-order valence-corrected chi connectivity index (χ3v) is 3.97. The zero-order valence-electron chi connectivity index (χ0n) is 10.1. The van der Waals surface area contributed by atoms with Crippen molar-refractivity contribution in [1.82, 2.24) is 5.32 Å². The molecule has 1 aromatic rings. The van der Waals surface area contributed by atoms with E-state index >= 15 is 0 Å². The third-order valence-electron chi connectivity index (χ3n) is 3.97. The third kappa shape index (κ3) is 2.29. The quantitative estimate of drug-likeness (QED) is 0.844. The molecule has 2 aliphatic heterocycles. The number of nitrogens with zero attached hydrogens (tertiary/aromatic N) is 1. The monoisotopic (exact) mass is 234 g/mol. The number of hydrogen-bond donors (Lipinski definition) is 1. The first-order valence-electron chi connectivity index (χ1n) is 6.57. The lowest BCUT2D eigenvalue weighted by atomic mass is 9.97. The molecule has 92 valence electrons. The standard InChI is InChI=1S/C14H19FN2/c15-13-1-2-14-12(9-13)5-8-17(14)10-11-3-6-16-7-4-11/h1-2,9,11,16H,3-8,10H2. The molecular weight excluding hydrogens is 215 g/mol. The Morgan fingerprint density at radius 2 is 2.12 bits per heavy atom. The smallest absolute Gasteiger partial charge is 0.123 e. The molecule has 0 radical (unpaired) electrons. The molecule has 1 N–H and O–H groups in total. The van der Waals surface area contributed by atoms with E-state index < -0.39 is 0 Å². The molecule has 3 heteroatoms. The molecule has 0 saturated carbocycles. The second-order valence-corrected chi connectivity index (χ2v) is 5.16. The van der Waals surface area contributed by atoms with Gasteiger partial charge in [-0.2, -0.15) is 0 Å². The minimum Gasteiger partial charge on any atom is -0.371 e. The van der Waals surface area contributed by atoms with Crippen molar-refractivity contribution in [3.8, 4) is 0 Å².